The summed E-state index contributed by atoms with van der Waals surface area (Å²) >= 11 is 5.78. The van der Waals surface area contributed by atoms with Gasteiger partial charge < -0.3 is 20.5 Å². The molecule has 11 heteroatoms. The van der Waals surface area contributed by atoms with Crippen molar-refractivity contribution in [1.29, 1.82) is 0 Å². The lowest BCUT2D eigenvalue weighted by atomic mass is 9.87. The summed E-state index contributed by atoms with van der Waals surface area (Å²) in [6.07, 6.45) is -2.98. The van der Waals surface area contributed by atoms with Gasteiger partial charge >= 0.3 is 18.2 Å². The molecule has 196 valence electrons. The molecule has 0 aliphatic carbocycles. The normalized spacial score (nSPS) is 12.1. The molecule has 0 aliphatic rings. The van der Waals surface area contributed by atoms with E-state index in [1.807, 2.05) is 0 Å². The SMILES string of the molecule is CCC(NC(=O)NCc1ccc(Cl)nc1)c1c(CC(=O)O)ccc(OC)c1-c1ccc(C(F)(F)F)cc1. The van der Waals surface area contributed by atoms with Gasteiger partial charge in [-0.1, -0.05) is 42.8 Å². The van der Waals surface area contributed by atoms with Crippen molar-refractivity contribution in [2.45, 2.75) is 38.5 Å². The Hall–Kier alpha value is -3.79. The van der Waals surface area contributed by atoms with Crippen molar-refractivity contribution in [2.75, 3.05) is 7.11 Å². The Balaban J connectivity index is 2.01. The van der Waals surface area contributed by atoms with Crippen molar-refractivity contribution >= 4 is 23.6 Å². The molecule has 1 unspecified atom stereocenters. The summed E-state index contributed by atoms with van der Waals surface area (Å²) < 4.78 is 44.9. The first-order valence-electron chi connectivity index (χ1n) is 11.3. The number of urea groups is 1. The first kappa shape index (κ1) is 27.8. The summed E-state index contributed by atoms with van der Waals surface area (Å²) in [4.78, 5) is 28.4. The van der Waals surface area contributed by atoms with E-state index in [0.29, 0.717) is 45.1 Å². The zero-order valence-corrected chi connectivity index (χ0v) is 20.8. The Morgan fingerprint density at radius 1 is 1.11 bits per heavy atom. The van der Waals surface area contributed by atoms with Crippen LogP contribution in [-0.4, -0.2) is 29.2 Å². The van der Waals surface area contributed by atoms with Crippen LogP contribution in [0.5, 0.6) is 5.75 Å². The van der Waals surface area contributed by atoms with E-state index in [0.717, 1.165) is 12.1 Å². The third-order valence-electron chi connectivity index (χ3n) is 5.66. The van der Waals surface area contributed by atoms with Crippen molar-refractivity contribution in [3.05, 3.63) is 82.1 Å². The molecule has 0 fully saturated rings. The standard InChI is InChI=1S/C26H25ClF3N3O4/c1-3-19(33-25(36)32-14-15-4-11-21(27)31-13-15)23-17(12-22(34)35)7-10-20(37-2)24(23)16-5-8-18(9-6-16)26(28,29)30/h4-11,13,19H,3,12,14H2,1-2H3,(H,34,35)(H2,32,33,36). The third kappa shape index (κ3) is 7.13. The van der Waals surface area contributed by atoms with Gasteiger partial charge in [0, 0.05) is 18.3 Å². The fraction of sp³-hybridized carbons (Fsp3) is 0.269. The largest absolute Gasteiger partial charge is 0.496 e. The molecule has 1 aromatic heterocycles. The third-order valence-corrected chi connectivity index (χ3v) is 5.89. The molecule has 0 aliphatic heterocycles. The second-order valence-electron chi connectivity index (χ2n) is 8.14. The maximum atomic E-state index is 13.1. The second kappa shape index (κ2) is 12.0. The number of benzene rings is 2. The number of carboxylic acid groups (broad SMARTS) is 1. The van der Waals surface area contributed by atoms with Crippen LogP contribution in [-0.2, 0) is 23.9 Å². The predicted molar refractivity (Wildman–Crippen MR) is 132 cm³/mol. The fourth-order valence-electron chi connectivity index (χ4n) is 3.93. The van der Waals surface area contributed by atoms with Crippen LogP contribution in [0.15, 0.2) is 54.7 Å². The number of aromatic nitrogens is 1. The monoisotopic (exact) mass is 535 g/mol. The van der Waals surface area contributed by atoms with Gasteiger partial charge in [0.15, 0.2) is 0 Å². The first-order valence-corrected chi connectivity index (χ1v) is 11.6. The molecule has 37 heavy (non-hydrogen) atoms. The lowest BCUT2D eigenvalue weighted by Gasteiger charge is -2.26. The second-order valence-corrected chi connectivity index (χ2v) is 8.53. The Labute approximate surface area is 216 Å². The molecule has 0 bridgehead atoms. The van der Waals surface area contributed by atoms with E-state index in [1.54, 1.807) is 31.2 Å². The molecule has 3 rings (SSSR count). The number of carbonyl (C=O) groups is 2. The minimum absolute atomic E-state index is 0.165. The molecular weight excluding hydrogens is 511 g/mol. The number of alkyl halides is 3. The highest BCUT2D eigenvalue weighted by molar-refractivity contribution is 6.29. The lowest BCUT2D eigenvalue weighted by molar-refractivity contribution is -0.138. The summed E-state index contributed by atoms with van der Waals surface area (Å²) in [5.74, 6) is -0.767. The Kier molecular flexibility index (Phi) is 8.99. The lowest BCUT2D eigenvalue weighted by Crippen LogP contribution is -2.38. The van der Waals surface area contributed by atoms with Gasteiger partial charge in [-0.15, -0.1) is 0 Å². The Morgan fingerprint density at radius 2 is 1.81 bits per heavy atom. The smallest absolute Gasteiger partial charge is 0.416 e. The van der Waals surface area contributed by atoms with E-state index in [2.05, 4.69) is 15.6 Å². The van der Waals surface area contributed by atoms with Crippen LogP contribution in [0.2, 0.25) is 5.15 Å². The molecule has 1 atom stereocenters. The van der Waals surface area contributed by atoms with Crippen molar-refractivity contribution in [2.24, 2.45) is 0 Å². The molecule has 0 saturated carbocycles. The highest BCUT2D eigenvalue weighted by Crippen LogP contribution is 2.41. The van der Waals surface area contributed by atoms with Gasteiger partial charge in [-0.2, -0.15) is 13.2 Å². The number of carboxylic acids is 1. The van der Waals surface area contributed by atoms with Crippen LogP contribution in [0.1, 0.15) is 41.6 Å². The number of halogens is 4. The van der Waals surface area contributed by atoms with Gasteiger partial charge in [-0.05, 0) is 52.9 Å². The van der Waals surface area contributed by atoms with Crippen LogP contribution >= 0.6 is 11.6 Å². The number of nitrogens with one attached hydrogen (secondary N) is 2. The number of hydrogen-bond donors (Lipinski definition) is 3. The zero-order chi connectivity index (χ0) is 27.2. The van der Waals surface area contributed by atoms with Crippen LogP contribution in [0, 0.1) is 0 Å². The molecule has 0 saturated heterocycles. The molecule has 7 nitrogen and oxygen atoms in total. The maximum Gasteiger partial charge on any atom is 0.416 e. The number of amides is 2. The van der Waals surface area contributed by atoms with E-state index in [1.165, 1.54) is 25.4 Å². The topological polar surface area (TPSA) is 101 Å². The van der Waals surface area contributed by atoms with Crippen molar-refractivity contribution in [3.8, 4) is 16.9 Å². The van der Waals surface area contributed by atoms with Crippen LogP contribution < -0.4 is 15.4 Å². The number of carbonyl (C=O) groups excluding carboxylic acids is 1. The number of methoxy groups -OCH3 is 1. The Bertz CT molecular complexity index is 1250. The van der Waals surface area contributed by atoms with E-state index in [4.69, 9.17) is 16.3 Å². The fourth-order valence-corrected chi connectivity index (χ4v) is 4.04. The average molecular weight is 536 g/mol. The van der Waals surface area contributed by atoms with E-state index in [-0.39, 0.29) is 13.0 Å². The molecule has 0 radical (unpaired) electrons. The van der Waals surface area contributed by atoms with Crippen molar-refractivity contribution < 1.29 is 32.6 Å². The summed E-state index contributed by atoms with van der Waals surface area (Å²) in [6, 6.07) is 9.75. The highest BCUT2D eigenvalue weighted by atomic mass is 35.5. The quantitative estimate of drug-likeness (QED) is 0.291. The molecule has 2 amide bonds. The van der Waals surface area contributed by atoms with E-state index in [9.17, 15) is 27.9 Å². The number of nitrogens with zero attached hydrogens (tertiary/aromatic N) is 1. The van der Waals surface area contributed by atoms with Crippen LogP contribution in [0.3, 0.4) is 0 Å². The van der Waals surface area contributed by atoms with Crippen LogP contribution in [0.25, 0.3) is 11.1 Å². The van der Waals surface area contributed by atoms with Gasteiger partial charge in [-0.25, -0.2) is 9.78 Å². The van der Waals surface area contributed by atoms with E-state index >= 15 is 0 Å². The summed E-state index contributed by atoms with van der Waals surface area (Å²) in [7, 11) is 1.41. The van der Waals surface area contributed by atoms with Gasteiger partial charge in [0.25, 0.3) is 0 Å². The zero-order valence-electron chi connectivity index (χ0n) is 20.0. The minimum Gasteiger partial charge on any atom is -0.496 e. The summed E-state index contributed by atoms with van der Waals surface area (Å²) in [6.45, 7) is 1.97. The maximum absolute atomic E-state index is 13.1. The molecule has 3 N–H and O–H groups in total. The van der Waals surface area contributed by atoms with Crippen LogP contribution in [0.4, 0.5) is 18.0 Å². The number of ether oxygens (including phenoxy) is 1. The molecule has 2 aromatic carbocycles. The predicted octanol–water partition coefficient (Wildman–Crippen LogP) is 6.01. The number of rotatable bonds is 9. The molecule has 3 aromatic rings. The van der Waals surface area contributed by atoms with Gasteiger partial charge in [0.05, 0.1) is 25.1 Å². The number of pyridine rings is 1. The summed E-state index contributed by atoms with van der Waals surface area (Å²) in [5, 5.41) is 15.4. The van der Waals surface area contributed by atoms with Gasteiger partial charge in [-0.3, -0.25) is 4.79 Å². The Morgan fingerprint density at radius 3 is 2.35 bits per heavy atom. The van der Waals surface area contributed by atoms with Crippen molar-refractivity contribution in [3.63, 3.8) is 0 Å². The number of aliphatic carboxylic acids is 1. The molecule has 0 spiro atoms. The van der Waals surface area contributed by atoms with E-state index < -0.39 is 29.8 Å². The first-order chi connectivity index (χ1) is 17.5. The average Bonchev–Trinajstić information content (AvgIpc) is 2.86. The minimum atomic E-state index is -4.51. The van der Waals surface area contributed by atoms with Crippen molar-refractivity contribution in [1.82, 2.24) is 15.6 Å². The molecular formula is C26H25ClF3N3O4. The number of hydrogen-bond acceptors (Lipinski definition) is 4. The molecule has 1 heterocycles. The highest BCUT2D eigenvalue weighted by Gasteiger charge is 2.31. The van der Waals surface area contributed by atoms with Gasteiger partial charge in [0.1, 0.15) is 10.9 Å². The van der Waals surface area contributed by atoms with Gasteiger partial charge in [0.2, 0.25) is 0 Å². The summed E-state index contributed by atoms with van der Waals surface area (Å²) in [5.41, 5.74) is 1.54.